The molecular formula is C23H32N4O4S. The molecule has 174 valence electrons. The van der Waals surface area contributed by atoms with Crippen LogP contribution in [0.25, 0.3) is 10.6 Å². The molecule has 2 heterocycles. The average molecular weight is 461 g/mol. The van der Waals surface area contributed by atoms with Crippen LogP contribution in [-0.4, -0.2) is 86.2 Å². The molecule has 1 saturated heterocycles. The van der Waals surface area contributed by atoms with Crippen LogP contribution in [0.15, 0.2) is 29.6 Å². The monoisotopic (exact) mass is 460 g/mol. The number of thiazole rings is 1. The number of benzene rings is 1. The smallest absolute Gasteiger partial charge is 0.234 e. The number of carbonyl (C=O) groups excluding carboxylic acids is 2. The summed E-state index contributed by atoms with van der Waals surface area (Å²) in [5.74, 6) is 0.896. The number of hydrogen-bond donors (Lipinski definition) is 1. The number of aromatic nitrogens is 1. The summed E-state index contributed by atoms with van der Waals surface area (Å²) >= 11 is 1.53. The van der Waals surface area contributed by atoms with Crippen LogP contribution in [0.3, 0.4) is 0 Å². The van der Waals surface area contributed by atoms with Gasteiger partial charge in [-0.25, -0.2) is 4.98 Å². The zero-order chi connectivity index (χ0) is 22.8. The third-order valence-electron chi connectivity index (χ3n) is 5.24. The number of rotatable bonds is 11. The van der Waals surface area contributed by atoms with Crippen molar-refractivity contribution in [2.45, 2.75) is 19.8 Å². The molecule has 1 N–H and O–H groups in total. The highest BCUT2D eigenvalue weighted by Gasteiger charge is 2.23. The molecule has 32 heavy (non-hydrogen) atoms. The van der Waals surface area contributed by atoms with Crippen molar-refractivity contribution >= 4 is 23.2 Å². The van der Waals surface area contributed by atoms with Gasteiger partial charge in [-0.05, 0) is 25.5 Å². The van der Waals surface area contributed by atoms with E-state index in [0.717, 1.165) is 28.4 Å². The van der Waals surface area contributed by atoms with Crippen molar-refractivity contribution in [3.8, 4) is 16.3 Å². The SMILES string of the molecule is CCOc1ccccc1-c1nc(CC(=O)N2CCN(CC(=O)NCCCOC)CC2)cs1. The minimum atomic E-state index is 0.0169. The molecule has 3 rings (SSSR count). The van der Waals surface area contributed by atoms with Crippen LogP contribution in [0.4, 0.5) is 0 Å². The quantitative estimate of drug-likeness (QED) is 0.517. The zero-order valence-corrected chi connectivity index (χ0v) is 19.7. The molecule has 0 bridgehead atoms. The highest BCUT2D eigenvalue weighted by molar-refractivity contribution is 7.13. The van der Waals surface area contributed by atoms with Gasteiger partial charge >= 0.3 is 0 Å². The predicted molar refractivity (Wildman–Crippen MR) is 125 cm³/mol. The van der Waals surface area contributed by atoms with E-state index in [-0.39, 0.29) is 18.2 Å². The highest BCUT2D eigenvalue weighted by atomic mass is 32.1. The molecule has 2 aromatic rings. The van der Waals surface area contributed by atoms with E-state index in [1.807, 2.05) is 41.5 Å². The summed E-state index contributed by atoms with van der Waals surface area (Å²) in [4.78, 5) is 33.4. The zero-order valence-electron chi connectivity index (χ0n) is 18.8. The Labute approximate surface area is 193 Å². The van der Waals surface area contributed by atoms with E-state index in [0.29, 0.717) is 52.5 Å². The Morgan fingerprint density at radius 1 is 1.19 bits per heavy atom. The lowest BCUT2D eigenvalue weighted by Gasteiger charge is -2.34. The summed E-state index contributed by atoms with van der Waals surface area (Å²) in [5, 5.41) is 5.71. The second-order valence-electron chi connectivity index (χ2n) is 7.60. The van der Waals surface area contributed by atoms with Gasteiger partial charge in [0.1, 0.15) is 10.8 Å². The third-order valence-corrected chi connectivity index (χ3v) is 6.17. The molecule has 1 aliphatic rings. The number of hydrogen-bond acceptors (Lipinski definition) is 7. The molecule has 0 saturated carbocycles. The number of amides is 2. The lowest BCUT2D eigenvalue weighted by molar-refractivity contribution is -0.132. The standard InChI is InChI=1S/C23H32N4O4S/c1-3-31-20-8-5-4-7-19(20)23-25-18(17-32-23)15-22(29)27-12-10-26(11-13-27)16-21(28)24-9-6-14-30-2/h4-5,7-8,17H,3,6,9-16H2,1-2H3,(H,24,28). The molecule has 0 radical (unpaired) electrons. The second-order valence-corrected chi connectivity index (χ2v) is 8.46. The molecule has 0 atom stereocenters. The van der Waals surface area contributed by atoms with E-state index in [4.69, 9.17) is 9.47 Å². The Morgan fingerprint density at radius 3 is 2.72 bits per heavy atom. The number of nitrogens with zero attached hydrogens (tertiary/aromatic N) is 3. The Balaban J connectivity index is 1.45. The van der Waals surface area contributed by atoms with Crippen molar-refractivity contribution in [2.75, 3.05) is 59.6 Å². The van der Waals surface area contributed by atoms with E-state index >= 15 is 0 Å². The van der Waals surface area contributed by atoms with Gasteiger partial charge in [-0.1, -0.05) is 12.1 Å². The largest absolute Gasteiger partial charge is 0.493 e. The summed E-state index contributed by atoms with van der Waals surface area (Å²) in [7, 11) is 1.65. The molecule has 0 spiro atoms. The van der Waals surface area contributed by atoms with Crippen molar-refractivity contribution in [1.29, 1.82) is 0 Å². The van der Waals surface area contributed by atoms with E-state index in [1.165, 1.54) is 11.3 Å². The van der Waals surface area contributed by atoms with Gasteiger partial charge in [0.15, 0.2) is 0 Å². The minimum Gasteiger partial charge on any atom is -0.493 e. The fourth-order valence-corrected chi connectivity index (χ4v) is 4.41. The summed E-state index contributed by atoms with van der Waals surface area (Å²) in [6.45, 7) is 6.82. The molecule has 0 unspecified atom stereocenters. The van der Waals surface area contributed by atoms with Gasteiger partial charge in [0, 0.05) is 51.8 Å². The van der Waals surface area contributed by atoms with Crippen molar-refractivity contribution in [1.82, 2.24) is 20.1 Å². The van der Waals surface area contributed by atoms with Crippen LogP contribution in [0.1, 0.15) is 19.0 Å². The molecule has 1 aromatic heterocycles. The van der Waals surface area contributed by atoms with Gasteiger partial charge in [0.25, 0.3) is 0 Å². The van der Waals surface area contributed by atoms with Crippen LogP contribution in [0.2, 0.25) is 0 Å². The number of piperazine rings is 1. The van der Waals surface area contributed by atoms with Crippen molar-refractivity contribution < 1.29 is 19.1 Å². The normalized spacial score (nSPS) is 14.4. The van der Waals surface area contributed by atoms with Crippen LogP contribution in [0.5, 0.6) is 5.75 Å². The van der Waals surface area contributed by atoms with Crippen LogP contribution in [0, 0.1) is 0 Å². The average Bonchev–Trinajstić information content (AvgIpc) is 3.26. The maximum Gasteiger partial charge on any atom is 0.234 e. The van der Waals surface area contributed by atoms with Gasteiger partial charge in [0.05, 0.1) is 30.8 Å². The molecule has 2 amide bonds. The predicted octanol–water partition coefficient (Wildman–Crippen LogP) is 2.05. The third kappa shape index (κ3) is 7.01. The molecule has 1 aliphatic heterocycles. The number of para-hydroxylation sites is 1. The first-order chi connectivity index (χ1) is 15.6. The number of carbonyl (C=O) groups is 2. The molecule has 8 nitrogen and oxygen atoms in total. The van der Waals surface area contributed by atoms with Gasteiger partial charge in [-0.3, -0.25) is 14.5 Å². The first-order valence-corrected chi connectivity index (χ1v) is 11.9. The number of ether oxygens (including phenoxy) is 2. The molecular weight excluding hydrogens is 428 g/mol. The fourth-order valence-electron chi connectivity index (χ4n) is 3.56. The Kier molecular flexibility index (Phi) is 9.45. The lowest BCUT2D eigenvalue weighted by Crippen LogP contribution is -2.51. The number of nitrogens with one attached hydrogen (secondary N) is 1. The Hall–Kier alpha value is -2.49. The summed E-state index contributed by atoms with van der Waals surface area (Å²) < 4.78 is 10.7. The minimum absolute atomic E-state index is 0.0169. The molecule has 0 aliphatic carbocycles. The van der Waals surface area contributed by atoms with Gasteiger partial charge in [-0.2, -0.15) is 0 Å². The van der Waals surface area contributed by atoms with Gasteiger partial charge in [0.2, 0.25) is 11.8 Å². The Bertz CT molecular complexity index is 880. The maximum atomic E-state index is 12.8. The molecule has 1 aromatic carbocycles. The summed E-state index contributed by atoms with van der Waals surface area (Å²) in [6.07, 6.45) is 1.09. The van der Waals surface area contributed by atoms with Crippen molar-refractivity contribution in [3.63, 3.8) is 0 Å². The topological polar surface area (TPSA) is 84.0 Å². The van der Waals surface area contributed by atoms with Crippen molar-refractivity contribution in [3.05, 3.63) is 35.3 Å². The molecule has 9 heteroatoms. The summed E-state index contributed by atoms with van der Waals surface area (Å²) in [5.41, 5.74) is 1.73. The van der Waals surface area contributed by atoms with E-state index < -0.39 is 0 Å². The first kappa shape index (κ1) is 24.2. The van der Waals surface area contributed by atoms with Crippen molar-refractivity contribution in [2.24, 2.45) is 0 Å². The van der Waals surface area contributed by atoms with Gasteiger partial charge in [-0.15, -0.1) is 11.3 Å². The van der Waals surface area contributed by atoms with E-state index in [9.17, 15) is 9.59 Å². The van der Waals surface area contributed by atoms with E-state index in [2.05, 4.69) is 15.2 Å². The molecule has 1 fully saturated rings. The highest BCUT2D eigenvalue weighted by Crippen LogP contribution is 2.32. The lowest BCUT2D eigenvalue weighted by atomic mass is 10.2. The summed E-state index contributed by atoms with van der Waals surface area (Å²) in [6, 6.07) is 7.83. The number of methoxy groups -OCH3 is 1. The van der Waals surface area contributed by atoms with Crippen LogP contribution in [-0.2, 0) is 20.7 Å². The Morgan fingerprint density at radius 2 is 1.97 bits per heavy atom. The second kappa shape index (κ2) is 12.5. The fraction of sp³-hybridized carbons (Fsp3) is 0.522. The van der Waals surface area contributed by atoms with Crippen LogP contribution < -0.4 is 10.1 Å². The van der Waals surface area contributed by atoms with E-state index in [1.54, 1.807) is 7.11 Å². The maximum absolute atomic E-state index is 12.8. The van der Waals surface area contributed by atoms with Gasteiger partial charge < -0.3 is 19.7 Å². The first-order valence-electron chi connectivity index (χ1n) is 11.0. The van der Waals surface area contributed by atoms with Crippen LogP contribution >= 0.6 is 11.3 Å².